The number of nitrogens with one attached hydrogen (secondary N) is 1. The van der Waals surface area contributed by atoms with E-state index < -0.39 is 10.0 Å². The van der Waals surface area contributed by atoms with Crippen LogP contribution in [0.4, 0.5) is 0 Å². The number of hydrogen-bond acceptors (Lipinski definition) is 3. The van der Waals surface area contributed by atoms with Crippen molar-refractivity contribution >= 4 is 10.0 Å². The van der Waals surface area contributed by atoms with Crippen molar-refractivity contribution in [1.82, 2.24) is 4.72 Å². The fourth-order valence-electron chi connectivity index (χ4n) is 2.80. The average Bonchev–Trinajstić information content (AvgIpc) is 2.56. The Bertz CT molecular complexity index is 798. The smallest absolute Gasteiger partial charge is 0.241 e. The van der Waals surface area contributed by atoms with Crippen LogP contribution in [0, 0.1) is 34.6 Å². The minimum absolute atomic E-state index is 0.224. The minimum atomic E-state index is -3.57. The first-order valence-corrected chi connectivity index (χ1v) is 9.48. The summed E-state index contributed by atoms with van der Waals surface area (Å²) in [5.74, 6) is 0.728. The number of rotatable bonds is 6. The maximum atomic E-state index is 12.7. The highest BCUT2D eigenvalue weighted by Gasteiger charge is 2.23. The summed E-state index contributed by atoms with van der Waals surface area (Å²) in [4.78, 5) is 0.391. The van der Waals surface area contributed by atoms with Gasteiger partial charge >= 0.3 is 0 Å². The summed E-state index contributed by atoms with van der Waals surface area (Å²) in [6, 6.07) is 9.35. The van der Waals surface area contributed by atoms with Crippen molar-refractivity contribution < 1.29 is 13.2 Å². The van der Waals surface area contributed by atoms with E-state index in [0.29, 0.717) is 4.90 Å². The monoisotopic (exact) mass is 347 g/mol. The first-order chi connectivity index (χ1) is 11.3. The van der Waals surface area contributed by atoms with Crippen molar-refractivity contribution in [3.8, 4) is 5.75 Å². The quantitative estimate of drug-likeness (QED) is 0.813. The van der Waals surface area contributed by atoms with Crippen LogP contribution >= 0.6 is 0 Å². The van der Waals surface area contributed by atoms with E-state index in [1.54, 1.807) is 0 Å². The third-order valence-electron chi connectivity index (χ3n) is 4.61. The van der Waals surface area contributed by atoms with Gasteiger partial charge in [-0.2, -0.15) is 0 Å². The molecule has 0 aromatic heterocycles. The van der Waals surface area contributed by atoms with Crippen LogP contribution in [0.25, 0.3) is 0 Å². The molecule has 4 nitrogen and oxygen atoms in total. The Kier molecular flexibility index (Phi) is 5.67. The second-order valence-corrected chi connectivity index (χ2v) is 7.72. The summed E-state index contributed by atoms with van der Waals surface area (Å²) >= 11 is 0. The minimum Gasteiger partial charge on any atom is -0.492 e. The molecule has 0 spiro atoms. The number of hydrogen-bond donors (Lipinski definition) is 1. The van der Waals surface area contributed by atoms with Gasteiger partial charge in [0.1, 0.15) is 12.4 Å². The first-order valence-electron chi connectivity index (χ1n) is 8.00. The highest BCUT2D eigenvalue weighted by atomic mass is 32.2. The second-order valence-electron chi connectivity index (χ2n) is 6.01. The van der Waals surface area contributed by atoms with E-state index in [1.807, 2.05) is 65.0 Å². The van der Waals surface area contributed by atoms with Gasteiger partial charge < -0.3 is 4.74 Å². The molecular formula is C19H25NO3S. The fraction of sp³-hybridized carbons (Fsp3) is 0.368. The van der Waals surface area contributed by atoms with Crippen LogP contribution in [-0.4, -0.2) is 21.6 Å². The number of para-hydroxylation sites is 1. The standard InChI is InChI=1S/C19H25NO3S/c1-13-14(2)16(4)19(17(5)15(13)3)24(21,22)20-11-12-23-18-9-7-6-8-10-18/h6-10,20H,11-12H2,1-5H3. The van der Waals surface area contributed by atoms with Crippen molar-refractivity contribution in [2.45, 2.75) is 39.5 Å². The lowest BCUT2D eigenvalue weighted by atomic mass is 9.95. The zero-order valence-electron chi connectivity index (χ0n) is 14.9. The van der Waals surface area contributed by atoms with Gasteiger partial charge in [-0.25, -0.2) is 13.1 Å². The first kappa shape index (κ1) is 18.5. The molecule has 0 fully saturated rings. The van der Waals surface area contributed by atoms with Gasteiger partial charge in [0.25, 0.3) is 0 Å². The number of ether oxygens (including phenoxy) is 1. The highest BCUT2D eigenvalue weighted by molar-refractivity contribution is 7.89. The number of benzene rings is 2. The molecule has 2 aromatic carbocycles. The molecule has 0 amide bonds. The number of sulfonamides is 1. The van der Waals surface area contributed by atoms with Crippen molar-refractivity contribution in [3.05, 3.63) is 58.1 Å². The molecular weight excluding hydrogens is 322 g/mol. The molecule has 0 aliphatic carbocycles. The van der Waals surface area contributed by atoms with Gasteiger partial charge in [0.05, 0.1) is 4.90 Å². The Morgan fingerprint density at radius 2 is 1.33 bits per heavy atom. The molecule has 0 atom stereocenters. The Morgan fingerprint density at radius 3 is 1.88 bits per heavy atom. The lowest BCUT2D eigenvalue weighted by Crippen LogP contribution is -2.30. The molecule has 2 rings (SSSR count). The summed E-state index contributed by atoms with van der Waals surface area (Å²) in [5, 5.41) is 0. The van der Waals surface area contributed by atoms with Gasteiger partial charge in [-0.05, 0) is 74.6 Å². The van der Waals surface area contributed by atoms with Crippen molar-refractivity contribution in [2.24, 2.45) is 0 Å². The van der Waals surface area contributed by atoms with Crippen LogP contribution in [-0.2, 0) is 10.0 Å². The van der Waals surface area contributed by atoms with Gasteiger partial charge in [0.15, 0.2) is 0 Å². The Hall–Kier alpha value is -1.85. The van der Waals surface area contributed by atoms with Crippen LogP contribution < -0.4 is 9.46 Å². The van der Waals surface area contributed by atoms with E-state index in [2.05, 4.69) is 4.72 Å². The van der Waals surface area contributed by atoms with Gasteiger partial charge in [-0.3, -0.25) is 0 Å². The normalized spacial score (nSPS) is 11.5. The van der Waals surface area contributed by atoms with E-state index in [4.69, 9.17) is 4.74 Å². The third kappa shape index (κ3) is 3.79. The lowest BCUT2D eigenvalue weighted by Gasteiger charge is -2.19. The van der Waals surface area contributed by atoms with E-state index in [-0.39, 0.29) is 13.2 Å². The van der Waals surface area contributed by atoms with Crippen molar-refractivity contribution in [2.75, 3.05) is 13.2 Å². The van der Waals surface area contributed by atoms with Crippen LogP contribution in [0.5, 0.6) is 5.75 Å². The third-order valence-corrected chi connectivity index (χ3v) is 6.34. The van der Waals surface area contributed by atoms with Crippen molar-refractivity contribution in [3.63, 3.8) is 0 Å². The molecule has 24 heavy (non-hydrogen) atoms. The van der Waals surface area contributed by atoms with Gasteiger partial charge in [0, 0.05) is 6.54 Å². The molecule has 0 saturated carbocycles. The molecule has 5 heteroatoms. The molecule has 2 aromatic rings. The van der Waals surface area contributed by atoms with Crippen molar-refractivity contribution in [1.29, 1.82) is 0 Å². The van der Waals surface area contributed by atoms with Crippen LogP contribution in [0.1, 0.15) is 27.8 Å². The predicted molar refractivity (Wildman–Crippen MR) is 97.3 cm³/mol. The molecule has 0 aliphatic heterocycles. The fourth-order valence-corrected chi connectivity index (χ4v) is 4.41. The molecule has 1 N–H and O–H groups in total. The van der Waals surface area contributed by atoms with Gasteiger partial charge in [-0.1, -0.05) is 18.2 Å². The Labute approximate surface area is 144 Å². The second kappa shape index (κ2) is 7.36. The van der Waals surface area contributed by atoms with E-state index in [0.717, 1.165) is 33.6 Å². The summed E-state index contributed by atoms with van der Waals surface area (Å²) in [5.41, 5.74) is 4.83. The zero-order chi connectivity index (χ0) is 17.9. The summed E-state index contributed by atoms with van der Waals surface area (Å²) in [6.45, 7) is 10.2. The summed E-state index contributed by atoms with van der Waals surface area (Å²) in [7, 11) is -3.57. The summed E-state index contributed by atoms with van der Waals surface area (Å²) in [6.07, 6.45) is 0. The predicted octanol–water partition coefficient (Wildman–Crippen LogP) is 3.59. The Balaban J connectivity index is 2.14. The SMILES string of the molecule is Cc1c(C)c(C)c(S(=O)(=O)NCCOc2ccccc2)c(C)c1C. The average molecular weight is 347 g/mol. The van der Waals surface area contributed by atoms with E-state index in [9.17, 15) is 8.42 Å². The highest BCUT2D eigenvalue weighted by Crippen LogP contribution is 2.29. The molecule has 0 heterocycles. The maximum Gasteiger partial charge on any atom is 0.241 e. The molecule has 0 aliphatic rings. The molecule has 0 radical (unpaired) electrons. The molecule has 130 valence electrons. The summed E-state index contributed by atoms with van der Waals surface area (Å²) < 4.78 is 33.7. The van der Waals surface area contributed by atoms with E-state index in [1.165, 1.54) is 0 Å². The molecule has 0 bridgehead atoms. The maximum absolute atomic E-state index is 12.7. The van der Waals surface area contributed by atoms with Crippen LogP contribution in [0.15, 0.2) is 35.2 Å². The van der Waals surface area contributed by atoms with Crippen LogP contribution in [0.2, 0.25) is 0 Å². The Morgan fingerprint density at radius 1 is 0.833 bits per heavy atom. The topological polar surface area (TPSA) is 55.4 Å². The largest absolute Gasteiger partial charge is 0.492 e. The molecule has 0 unspecified atom stereocenters. The lowest BCUT2D eigenvalue weighted by molar-refractivity contribution is 0.323. The van der Waals surface area contributed by atoms with Gasteiger partial charge in [-0.15, -0.1) is 0 Å². The molecule has 0 saturated heterocycles. The van der Waals surface area contributed by atoms with Gasteiger partial charge in [0.2, 0.25) is 10.0 Å². The van der Waals surface area contributed by atoms with E-state index >= 15 is 0 Å². The zero-order valence-corrected chi connectivity index (χ0v) is 15.8. The van der Waals surface area contributed by atoms with Crippen LogP contribution in [0.3, 0.4) is 0 Å².